The maximum atomic E-state index is 13.4. The lowest BCUT2D eigenvalue weighted by Crippen LogP contribution is -2.54. The van der Waals surface area contributed by atoms with Crippen molar-refractivity contribution in [2.75, 3.05) is 11.7 Å². The van der Waals surface area contributed by atoms with Gasteiger partial charge >= 0.3 is 6.03 Å². The fourth-order valence-corrected chi connectivity index (χ4v) is 4.87. The van der Waals surface area contributed by atoms with Crippen LogP contribution in [0.2, 0.25) is 0 Å². The molecule has 5 rings (SSSR count). The first-order valence-corrected chi connectivity index (χ1v) is 11.2. The second-order valence-electron chi connectivity index (χ2n) is 8.90. The first-order chi connectivity index (χ1) is 16.7. The zero-order valence-electron chi connectivity index (χ0n) is 20.2. The van der Waals surface area contributed by atoms with Crippen LogP contribution in [0.5, 0.6) is 11.5 Å². The van der Waals surface area contributed by atoms with Gasteiger partial charge in [-0.3, -0.25) is 14.9 Å². The summed E-state index contributed by atoms with van der Waals surface area (Å²) in [4.78, 5) is 39.6. The summed E-state index contributed by atoms with van der Waals surface area (Å²) in [5.41, 5.74) is 7.27. The summed E-state index contributed by atoms with van der Waals surface area (Å²) < 4.78 is 12.8. The van der Waals surface area contributed by atoms with Crippen LogP contribution in [-0.2, 0) is 9.59 Å². The van der Waals surface area contributed by atoms with E-state index < -0.39 is 17.8 Å². The summed E-state index contributed by atoms with van der Waals surface area (Å²) in [6.45, 7) is 10.2. The van der Waals surface area contributed by atoms with Crippen LogP contribution in [0.15, 0.2) is 42.0 Å². The van der Waals surface area contributed by atoms with Crippen LogP contribution < -0.4 is 19.7 Å². The molecule has 8 heteroatoms. The van der Waals surface area contributed by atoms with Crippen molar-refractivity contribution in [1.82, 2.24) is 9.88 Å². The highest BCUT2D eigenvalue weighted by Crippen LogP contribution is 2.36. The lowest BCUT2D eigenvalue weighted by Gasteiger charge is -2.26. The van der Waals surface area contributed by atoms with Crippen molar-refractivity contribution in [3.63, 3.8) is 0 Å². The van der Waals surface area contributed by atoms with Crippen molar-refractivity contribution in [2.24, 2.45) is 0 Å². The number of fused-ring (bicyclic) bond motifs is 1. The number of imide groups is 2. The van der Waals surface area contributed by atoms with Crippen molar-refractivity contribution in [3.05, 3.63) is 75.6 Å². The number of barbiturate groups is 1. The van der Waals surface area contributed by atoms with Gasteiger partial charge in [-0.25, -0.2) is 9.69 Å². The number of amides is 4. The molecule has 0 saturated carbocycles. The number of anilines is 1. The quantitative estimate of drug-likeness (QED) is 0.451. The van der Waals surface area contributed by atoms with Crippen LogP contribution in [0.4, 0.5) is 10.5 Å². The molecule has 0 radical (unpaired) electrons. The highest BCUT2D eigenvalue weighted by atomic mass is 16.7. The number of nitrogens with zero attached hydrogens (tertiary/aromatic N) is 2. The number of nitrogens with one attached hydrogen (secondary N) is 1. The second kappa shape index (κ2) is 8.16. The minimum absolute atomic E-state index is 0.0676. The van der Waals surface area contributed by atoms with Crippen LogP contribution in [-0.4, -0.2) is 29.2 Å². The molecule has 2 aromatic carbocycles. The molecule has 2 aliphatic rings. The van der Waals surface area contributed by atoms with E-state index in [1.807, 2.05) is 19.9 Å². The Kier molecular flexibility index (Phi) is 5.24. The molecule has 178 valence electrons. The van der Waals surface area contributed by atoms with E-state index in [0.717, 1.165) is 38.7 Å². The largest absolute Gasteiger partial charge is 0.454 e. The SMILES string of the molecule is Cc1cc(C)c(-n2c(C)cc(/C=C3\C(=O)NC(=O)N(c4ccc5c(c4)OCO5)C3=O)c2C)c(C)c1. The van der Waals surface area contributed by atoms with E-state index in [-0.39, 0.29) is 18.1 Å². The van der Waals surface area contributed by atoms with Gasteiger partial charge in [-0.15, -0.1) is 0 Å². The number of rotatable bonds is 3. The fraction of sp³-hybridized carbons (Fsp3) is 0.222. The molecule has 0 aliphatic carbocycles. The topological polar surface area (TPSA) is 89.9 Å². The summed E-state index contributed by atoms with van der Waals surface area (Å²) in [6, 6.07) is 10.1. The Morgan fingerprint density at radius 2 is 1.57 bits per heavy atom. The predicted octanol–water partition coefficient (Wildman–Crippen LogP) is 4.41. The average molecular weight is 472 g/mol. The third-order valence-corrected chi connectivity index (χ3v) is 6.35. The summed E-state index contributed by atoms with van der Waals surface area (Å²) >= 11 is 0. The third-order valence-electron chi connectivity index (χ3n) is 6.35. The number of hydrogen-bond acceptors (Lipinski definition) is 5. The molecule has 1 saturated heterocycles. The maximum Gasteiger partial charge on any atom is 0.335 e. The number of urea groups is 1. The normalized spacial score (nSPS) is 16.3. The number of aryl methyl sites for hydroxylation is 4. The Morgan fingerprint density at radius 1 is 0.886 bits per heavy atom. The van der Waals surface area contributed by atoms with E-state index >= 15 is 0 Å². The number of benzene rings is 2. The molecule has 4 amide bonds. The van der Waals surface area contributed by atoms with Gasteiger partial charge in [0.25, 0.3) is 11.8 Å². The highest BCUT2D eigenvalue weighted by molar-refractivity contribution is 6.39. The third kappa shape index (κ3) is 3.67. The van der Waals surface area contributed by atoms with Crippen molar-refractivity contribution >= 4 is 29.6 Å². The monoisotopic (exact) mass is 471 g/mol. The van der Waals surface area contributed by atoms with Crippen molar-refractivity contribution in [2.45, 2.75) is 34.6 Å². The van der Waals surface area contributed by atoms with Gasteiger partial charge in [0.15, 0.2) is 11.5 Å². The Bertz CT molecular complexity index is 1440. The Balaban J connectivity index is 1.57. The van der Waals surface area contributed by atoms with Crippen LogP contribution >= 0.6 is 0 Å². The van der Waals surface area contributed by atoms with E-state index in [1.165, 1.54) is 5.56 Å². The van der Waals surface area contributed by atoms with Gasteiger partial charge in [0, 0.05) is 17.5 Å². The molecule has 0 atom stereocenters. The lowest BCUT2D eigenvalue weighted by atomic mass is 10.0. The van der Waals surface area contributed by atoms with E-state index in [9.17, 15) is 14.4 Å². The number of ether oxygens (including phenoxy) is 2. The zero-order chi connectivity index (χ0) is 25.0. The molecule has 1 N–H and O–H groups in total. The van der Waals surface area contributed by atoms with Gasteiger partial charge in [0.05, 0.1) is 11.4 Å². The van der Waals surface area contributed by atoms with Gasteiger partial charge in [-0.2, -0.15) is 0 Å². The molecule has 3 heterocycles. The zero-order valence-corrected chi connectivity index (χ0v) is 20.2. The highest BCUT2D eigenvalue weighted by Gasteiger charge is 2.37. The van der Waals surface area contributed by atoms with E-state index in [2.05, 4.69) is 42.8 Å². The number of aromatic nitrogens is 1. The summed E-state index contributed by atoms with van der Waals surface area (Å²) in [7, 11) is 0. The van der Waals surface area contributed by atoms with Crippen molar-refractivity contribution in [1.29, 1.82) is 0 Å². The minimum Gasteiger partial charge on any atom is -0.454 e. The molecule has 35 heavy (non-hydrogen) atoms. The van der Waals surface area contributed by atoms with E-state index in [1.54, 1.807) is 24.3 Å². The van der Waals surface area contributed by atoms with Gasteiger partial charge in [-0.1, -0.05) is 17.7 Å². The lowest BCUT2D eigenvalue weighted by molar-refractivity contribution is -0.122. The van der Waals surface area contributed by atoms with Gasteiger partial charge in [0.1, 0.15) is 5.57 Å². The molecule has 1 aromatic heterocycles. The average Bonchev–Trinajstić information content (AvgIpc) is 3.35. The van der Waals surface area contributed by atoms with Gasteiger partial charge in [0.2, 0.25) is 6.79 Å². The predicted molar refractivity (Wildman–Crippen MR) is 131 cm³/mol. The first kappa shape index (κ1) is 22.5. The van der Waals surface area contributed by atoms with Crippen molar-refractivity contribution < 1.29 is 23.9 Å². The Morgan fingerprint density at radius 3 is 2.29 bits per heavy atom. The molecular formula is C27H25N3O5. The van der Waals surface area contributed by atoms with Crippen LogP contribution in [0.3, 0.4) is 0 Å². The summed E-state index contributed by atoms with van der Waals surface area (Å²) in [5.74, 6) is -0.480. The van der Waals surface area contributed by atoms with E-state index in [4.69, 9.17) is 9.47 Å². The molecular weight excluding hydrogens is 446 g/mol. The first-order valence-electron chi connectivity index (χ1n) is 11.2. The van der Waals surface area contributed by atoms with Crippen LogP contribution in [0.25, 0.3) is 11.8 Å². The minimum atomic E-state index is -0.813. The number of carbonyl (C=O) groups excluding carboxylic acids is 3. The Hall–Kier alpha value is -4.33. The molecule has 3 aromatic rings. The van der Waals surface area contributed by atoms with Crippen LogP contribution in [0.1, 0.15) is 33.6 Å². The molecule has 0 bridgehead atoms. The Labute approximate surface area is 202 Å². The van der Waals surface area contributed by atoms with E-state index in [0.29, 0.717) is 11.5 Å². The fourth-order valence-electron chi connectivity index (χ4n) is 4.87. The summed E-state index contributed by atoms with van der Waals surface area (Å²) in [6.07, 6.45) is 1.54. The molecule has 0 unspecified atom stereocenters. The molecule has 8 nitrogen and oxygen atoms in total. The molecule has 0 spiro atoms. The van der Waals surface area contributed by atoms with Crippen LogP contribution in [0, 0.1) is 34.6 Å². The van der Waals surface area contributed by atoms with Crippen molar-refractivity contribution in [3.8, 4) is 17.2 Å². The number of carbonyl (C=O) groups is 3. The second-order valence-corrected chi connectivity index (χ2v) is 8.90. The number of hydrogen-bond donors (Lipinski definition) is 1. The molecule has 1 fully saturated rings. The maximum absolute atomic E-state index is 13.4. The van der Waals surface area contributed by atoms with Gasteiger partial charge in [-0.05, 0) is 75.6 Å². The smallest absolute Gasteiger partial charge is 0.335 e. The summed E-state index contributed by atoms with van der Waals surface area (Å²) in [5, 5.41) is 2.27. The van der Waals surface area contributed by atoms with Gasteiger partial charge < -0.3 is 14.0 Å². The standard InChI is InChI=1S/C27H25N3O5/c1-14-8-15(2)24(16(3)9-14)29-17(4)10-19(18(29)5)11-21-25(31)28-27(33)30(26(21)32)20-6-7-22-23(12-20)35-13-34-22/h6-12H,13H2,1-5H3,(H,28,31,33)/b21-11+. The molecule has 2 aliphatic heterocycles.